The maximum atomic E-state index is 12.9. The molecule has 2 N–H and O–H groups in total. The number of hydrogen-bond donors (Lipinski definition) is 2. The largest absolute Gasteiger partial charge is 0.464 e. The quantitative estimate of drug-likeness (QED) is 0.607. The molecule has 1 unspecified atom stereocenters. The summed E-state index contributed by atoms with van der Waals surface area (Å²) in [5.41, 5.74) is 4.81. The third-order valence-electron chi connectivity index (χ3n) is 4.91. The van der Waals surface area contributed by atoms with Gasteiger partial charge in [0.15, 0.2) is 6.04 Å². The molecule has 6 heteroatoms. The lowest BCUT2D eigenvalue weighted by Crippen LogP contribution is -2.35. The summed E-state index contributed by atoms with van der Waals surface area (Å²) in [5.74, 6) is -0.870. The van der Waals surface area contributed by atoms with Crippen LogP contribution in [0.2, 0.25) is 5.02 Å². The van der Waals surface area contributed by atoms with Crippen molar-refractivity contribution in [1.29, 1.82) is 0 Å². The number of amides is 1. The fourth-order valence-corrected chi connectivity index (χ4v) is 3.55. The van der Waals surface area contributed by atoms with Gasteiger partial charge in [-0.25, -0.2) is 4.79 Å². The van der Waals surface area contributed by atoms with Crippen LogP contribution < -0.4 is 5.32 Å². The van der Waals surface area contributed by atoms with Crippen molar-refractivity contribution in [3.05, 3.63) is 69.4 Å². The van der Waals surface area contributed by atoms with Crippen LogP contribution in [-0.4, -0.2) is 23.5 Å². The molecule has 0 radical (unpaired) electrons. The van der Waals surface area contributed by atoms with Crippen LogP contribution in [0.5, 0.6) is 0 Å². The van der Waals surface area contributed by atoms with E-state index in [1.807, 2.05) is 45.0 Å². The molecule has 0 bridgehead atoms. The van der Waals surface area contributed by atoms with Gasteiger partial charge in [0.25, 0.3) is 5.91 Å². The first-order valence-corrected chi connectivity index (χ1v) is 9.52. The smallest absolute Gasteiger partial charge is 0.333 e. The first kappa shape index (κ1) is 20.0. The Bertz CT molecular complexity index is 1060. The Morgan fingerprint density at radius 3 is 2.61 bits per heavy atom. The van der Waals surface area contributed by atoms with E-state index in [9.17, 15) is 9.59 Å². The van der Waals surface area contributed by atoms with E-state index < -0.39 is 12.0 Å². The van der Waals surface area contributed by atoms with E-state index in [1.54, 1.807) is 19.1 Å². The molecular weight excluding hydrogens is 376 g/mol. The highest BCUT2D eigenvalue weighted by Crippen LogP contribution is 2.26. The zero-order valence-electron chi connectivity index (χ0n) is 16.4. The molecular formula is C22H23ClN2O3. The lowest BCUT2D eigenvalue weighted by Gasteiger charge is -2.20. The number of carbonyl (C=O) groups excluding carboxylic acids is 2. The van der Waals surface area contributed by atoms with Crippen LogP contribution in [0.25, 0.3) is 10.9 Å². The molecule has 28 heavy (non-hydrogen) atoms. The normalized spacial score (nSPS) is 12.0. The lowest BCUT2D eigenvalue weighted by atomic mass is 9.97. The summed E-state index contributed by atoms with van der Waals surface area (Å²) in [4.78, 5) is 28.6. The zero-order chi connectivity index (χ0) is 20.4. The predicted molar refractivity (Wildman–Crippen MR) is 111 cm³/mol. The molecule has 0 aliphatic heterocycles. The Hall–Kier alpha value is -2.79. The van der Waals surface area contributed by atoms with Crippen LogP contribution in [0, 0.1) is 20.8 Å². The van der Waals surface area contributed by atoms with Crippen LogP contribution in [-0.2, 0) is 9.53 Å². The average molecular weight is 399 g/mol. The van der Waals surface area contributed by atoms with Gasteiger partial charge in [-0.2, -0.15) is 0 Å². The summed E-state index contributed by atoms with van der Waals surface area (Å²) in [5, 5.41) is 4.33. The molecule has 3 aromatic rings. The molecule has 1 atom stereocenters. The number of aromatic nitrogens is 1. The number of carbonyl (C=O) groups is 2. The topological polar surface area (TPSA) is 71.2 Å². The highest BCUT2D eigenvalue weighted by atomic mass is 35.5. The molecule has 5 nitrogen and oxygen atoms in total. The maximum Gasteiger partial charge on any atom is 0.333 e. The molecule has 3 rings (SSSR count). The van der Waals surface area contributed by atoms with Gasteiger partial charge in [-0.05, 0) is 68.1 Å². The van der Waals surface area contributed by atoms with Crippen molar-refractivity contribution in [3.8, 4) is 0 Å². The second-order valence-corrected chi connectivity index (χ2v) is 7.25. The van der Waals surface area contributed by atoms with Gasteiger partial charge in [0.05, 0.1) is 6.61 Å². The summed E-state index contributed by atoms with van der Waals surface area (Å²) in [6, 6.07) is 10.2. The number of nitrogens with one attached hydrogen (secondary N) is 2. The molecule has 146 valence electrons. The summed E-state index contributed by atoms with van der Waals surface area (Å²) in [7, 11) is 0. The number of halogens is 1. The fraction of sp³-hybridized carbons (Fsp3) is 0.273. The number of aryl methyl sites for hydroxylation is 2. The van der Waals surface area contributed by atoms with Crippen molar-refractivity contribution < 1.29 is 14.3 Å². The van der Waals surface area contributed by atoms with Gasteiger partial charge in [0.2, 0.25) is 0 Å². The average Bonchev–Trinajstić information content (AvgIpc) is 3.07. The van der Waals surface area contributed by atoms with E-state index in [0.29, 0.717) is 10.7 Å². The third kappa shape index (κ3) is 3.90. The van der Waals surface area contributed by atoms with E-state index >= 15 is 0 Å². The van der Waals surface area contributed by atoms with Crippen molar-refractivity contribution in [1.82, 2.24) is 10.3 Å². The van der Waals surface area contributed by atoms with Crippen molar-refractivity contribution in [2.24, 2.45) is 0 Å². The maximum absolute atomic E-state index is 12.9. The first-order valence-electron chi connectivity index (χ1n) is 9.14. The molecule has 1 heterocycles. The molecule has 1 aromatic heterocycles. The number of H-pyrrole nitrogens is 1. The van der Waals surface area contributed by atoms with Gasteiger partial charge >= 0.3 is 5.97 Å². The lowest BCUT2D eigenvalue weighted by molar-refractivity contribution is -0.145. The minimum absolute atomic E-state index is 0.236. The van der Waals surface area contributed by atoms with Crippen molar-refractivity contribution in [2.75, 3.05) is 6.61 Å². The molecule has 0 fully saturated rings. The molecule has 0 saturated carbocycles. The van der Waals surface area contributed by atoms with Crippen molar-refractivity contribution in [2.45, 2.75) is 33.7 Å². The molecule has 0 spiro atoms. The number of fused-ring (bicyclic) bond motifs is 1. The van der Waals surface area contributed by atoms with Crippen LogP contribution >= 0.6 is 11.6 Å². The Morgan fingerprint density at radius 2 is 1.89 bits per heavy atom. The highest BCUT2D eigenvalue weighted by molar-refractivity contribution is 6.31. The van der Waals surface area contributed by atoms with Crippen LogP contribution in [0.4, 0.5) is 0 Å². The van der Waals surface area contributed by atoms with E-state index in [0.717, 1.165) is 33.2 Å². The van der Waals surface area contributed by atoms with Crippen molar-refractivity contribution in [3.63, 3.8) is 0 Å². The minimum Gasteiger partial charge on any atom is -0.464 e. The standard InChI is InChI=1S/C22H23ClN2O3/c1-5-28-22(27)20(16-8-6-7-12(2)14(16)4)25-21(26)19-11-17-13(3)9-15(23)10-18(17)24-19/h6-11,20,24H,5H2,1-4H3,(H,25,26). The van der Waals surface area contributed by atoms with E-state index in [2.05, 4.69) is 10.3 Å². The number of aromatic amines is 1. The number of benzene rings is 2. The van der Waals surface area contributed by atoms with Gasteiger partial charge < -0.3 is 15.0 Å². The molecule has 1 amide bonds. The Morgan fingerprint density at radius 1 is 1.14 bits per heavy atom. The Balaban J connectivity index is 1.96. The predicted octanol–water partition coefficient (Wildman–Crippen LogP) is 4.78. The molecule has 0 aliphatic rings. The molecule has 2 aromatic carbocycles. The van der Waals surface area contributed by atoms with Gasteiger partial charge in [0.1, 0.15) is 5.69 Å². The van der Waals surface area contributed by atoms with E-state index in [1.165, 1.54) is 0 Å². The Labute approximate surface area is 169 Å². The van der Waals surface area contributed by atoms with Gasteiger partial charge in [-0.15, -0.1) is 0 Å². The molecule has 0 saturated heterocycles. The van der Waals surface area contributed by atoms with E-state index in [4.69, 9.17) is 16.3 Å². The summed E-state index contributed by atoms with van der Waals surface area (Å²) in [6.45, 7) is 7.80. The summed E-state index contributed by atoms with van der Waals surface area (Å²) >= 11 is 6.10. The van der Waals surface area contributed by atoms with Gasteiger partial charge in [0, 0.05) is 15.9 Å². The third-order valence-corrected chi connectivity index (χ3v) is 5.13. The first-order chi connectivity index (χ1) is 13.3. The Kier molecular flexibility index (Phi) is 5.75. The number of ether oxygens (including phenoxy) is 1. The van der Waals surface area contributed by atoms with Gasteiger partial charge in [-0.3, -0.25) is 4.79 Å². The number of rotatable bonds is 5. The second-order valence-electron chi connectivity index (χ2n) is 6.81. The van der Waals surface area contributed by atoms with Crippen LogP contribution in [0.1, 0.15) is 45.7 Å². The van der Waals surface area contributed by atoms with E-state index in [-0.39, 0.29) is 12.5 Å². The highest BCUT2D eigenvalue weighted by Gasteiger charge is 2.27. The molecule has 0 aliphatic carbocycles. The zero-order valence-corrected chi connectivity index (χ0v) is 17.1. The minimum atomic E-state index is -0.886. The van der Waals surface area contributed by atoms with Crippen LogP contribution in [0.15, 0.2) is 36.4 Å². The SMILES string of the molecule is CCOC(=O)C(NC(=O)c1cc2c(C)cc(Cl)cc2[nH]1)c1cccc(C)c1C. The summed E-state index contributed by atoms with van der Waals surface area (Å²) in [6.07, 6.45) is 0. The van der Waals surface area contributed by atoms with Crippen LogP contribution in [0.3, 0.4) is 0 Å². The monoisotopic (exact) mass is 398 g/mol. The second kappa shape index (κ2) is 8.07. The number of hydrogen-bond acceptors (Lipinski definition) is 3. The summed E-state index contributed by atoms with van der Waals surface area (Å²) < 4.78 is 5.20. The fourth-order valence-electron chi connectivity index (χ4n) is 3.28. The van der Waals surface area contributed by atoms with Gasteiger partial charge in [-0.1, -0.05) is 29.8 Å². The number of esters is 1. The van der Waals surface area contributed by atoms with Crippen molar-refractivity contribution >= 4 is 34.4 Å².